The minimum absolute atomic E-state index is 0.191. The van der Waals surface area contributed by atoms with Gasteiger partial charge in [0.2, 0.25) is 0 Å². The van der Waals surface area contributed by atoms with E-state index in [0.29, 0.717) is 6.54 Å². The van der Waals surface area contributed by atoms with Gasteiger partial charge in [0.05, 0.1) is 5.92 Å². The average molecular weight is 225 g/mol. The van der Waals surface area contributed by atoms with Gasteiger partial charge in [-0.2, -0.15) is 11.3 Å². The Bertz CT molecular complexity index is 336. The monoisotopic (exact) mass is 225 g/mol. The van der Waals surface area contributed by atoms with Crippen LogP contribution in [0.25, 0.3) is 0 Å². The largest absolute Gasteiger partial charge is 0.481 e. The highest BCUT2D eigenvalue weighted by molar-refractivity contribution is 7.07. The first kappa shape index (κ1) is 10.6. The van der Waals surface area contributed by atoms with Gasteiger partial charge in [-0.05, 0) is 28.3 Å². The van der Waals surface area contributed by atoms with Gasteiger partial charge >= 0.3 is 5.97 Å². The molecule has 1 aliphatic heterocycles. The Kier molecular flexibility index (Phi) is 3.07. The summed E-state index contributed by atoms with van der Waals surface area (Å²) in [6, 6.07) is 2.10. The Morgan fingerprint density at radius 1 is 1.67 bits per heavy atom. The van der Waals surface area contributed by atoms with Crippen molar-refractivity contribution in [2.75, 3.05) is 13.1 Å². The number of rotatable bonds is 3. The molecule has 0 amide bonds. The molecule has 2 atom stereocenters. The molecule has 0 saturated carbocycles. The van der Waals surface area contributed by atoms with E-state index >= 15 is 0 Å². The van der Waals surface area contributed by atoms with Crippen LogP contribution in [0.1, 0.15) is 12.5 Å². The zero-order valence-electron chi connectivity index (χ0n) is 8.72. The Morgan fingerprint density at radius 2 is 2.47 bits per heavy atom. The van der Waals surface area contributed by atoms with Crippen molar-refractivity contribution in [3.63, 3.8) is 0 Å². The summed E-state index contributed by atoms with van der Waals surface area (Å²) in [6.07, 6.45) is 0. The van der Waals surface area contributed by atoms with Gasteiger partial charge in [0.15, 0.2) is 0 Å². The van der Waals surface area contributed by atoms with Gasteiger partial charge in [0.25, 0.3) is 0 Å². The third-order valence-corrected chi connectivity index (χ3v) is 3.72. The number of aliphatic carboxylic acids is 1. The maximum atomic E-state index is 10.9. The Hall–Kier alpha value is -0.870. The fraction of sp³-hybridized carbons (Fsp3) is 0.545. The standard InChI is InChI=1S/C11H15NO2S/c1-8-4-12(6-10(8)11(13)14)5-9-2-3-15-7-9/h2-3,7-8,10H,4-6H2,1H3,(H,13,14)/t8-,10-/m1/s1. The first-order chi connectivity index (χ1) is 7.16. The molecule has 1 fully saturated rings. The van der Waals surface area contributed by atoms with Crippen molar-refractivity contribution >= 4 is 17.3 Å². The topological polar surface area (TPSA) is 40.5 Å². The molecule has 1 aromatic heterocycles. The lowest BCUT2D eigenvalue weighted by molar-refractivity contribution is -0.142. The minimum atomic E-state index is -0.657. The maximum absolute atomic E-state index is 10.9. The predicted octanol–water partition coefficient (Wildman–Crippen LogP) is 1.90. The Balaban J connectivity index is 1.94. The van der Waals surface area contributed by atoms with Crippen LogP contribution in [-0.4, -0.2) is 29.1 Å². The smallest absolute Gasteiger partial charge is 0.308 e. The summed E-state index contributed by atoms with van der Waals surface area (Å²) in [5.41, 5.74) is 1.29. The van der Waals surface area contributed by atoms with Crippen molar-refractivity contribution in [2.24, 2.45) is 11.8 Å². The molecule has 1 N–H and O–H groups in total. The van der Waals surface area contributed by atoms with Crippen LogP contribution in [0.15, 0.2) is 16.8 Å². The Morgan fingerprint density at radius 3 is 3.00 bits per heavy atom. The molecular formula is C11H15NO2S. The lowest BCUT2D eigenvalue weighted by atomic mass is 9.99. The van der Waals surface area contributed by atoms with Crippen molar-refractivity contribution in [3.05, 3.63) is 22.4 Å². The summed E-state index contributed by atoms with van der Waals surface area (Å²) in [4.78, 5) is 13.2. The molecule has 3 nitrogen and oxygen atoms in total. The number of carboxylic acid groups (broad SMARTS) is 1. The minimum Gasteiger partial charge on any atom is -0.481 e. The van der Waals surface area contributed by atoms with Crippen LogP contribution >= 0.6 is 11.3 Å². The van der Waals surface area contributed by atoms with E-state index in [2.05, 4.69) is 21.7 Å². The molecule has 1 aromatic rings. The molecule has 0 spiro atoms. The lowest BCUT2D eigenvalue weighted by Gasteiger charge is -2.13. The molecule has 15 heavy (non-hydrogen) atoms. The zero-order valence-corrected chi connectivity index (χ0v) is 9.54. The molecule has 2 rings (SSSR count). The first-order valence-corrected chi connectivity index (χ1v) is 6.07. The lowest BCUT2D eigenvalue weighted by Crippen LogP contribution is -2.22. The van der Waals surface area contributed by atoms with Gasteiger partial charge in [0, 0.05) is 19.6 Å². The van der Waals surface area contributed by atoms with Crippen LogP contribution in [0.5, 0.6) is 0 Å². The van der Waals surface area contributed by atoms with Crippen molar-refractivity contribution in [1.82, 2.24) is 4.90 Å². The fourth-order valence-electron chi connectivity index (χ4n) is 2.16. The van der Waals surface area contributed by atoms with Gasteiger partial charge in [0.1, 0.15) is 0 Å². The molecule has 0 aromatic carbocycles. The highest BCUT2D eigenvalue weighted by Gasteiger charge is 2.34. The van der Waals surface area contributed by atoms with Crippen LogP contribution in [-0.2, 0) is 11.3 Å². The Labute approximate surface area is 93.3 Å². The van der Waals surface area contributed by atoms with Crippen molar-refractivity contribution < 1.29 is 9.90 Å². The molecular weight excluding hydrogens is 210 g/mol. The number of hydrogen-bond donors (Lipinski definition) is 1. The third-order valence-electron chi connectivity index (χ3n) is 2.99. The fourth-order valence-corrected chi connectivity index (χ4v) is 2.82. The maximum Gasteiger partial charge on any atom is 0.308 e. The summed E-state index contributed by atoms with van der Waals surface area (Å²) in [7, 11) is 0. The summed E-state index contributed by atoms with van der Waals surface area (Å²) < 4.78 is 0. The van der Waals surface area contributed by atoms with E-state index in [4.69, 9.17) is 5.11 Å². The van der Waals surface area contributed by atoms with E-state index in [1.807, 2.05) is 6.92 Å². The number of likely N-dealkylation sites (tertiary alicyclic amines) is 1. The molecule has 0 aliphatic carbocycles. The summed E-state index contributed by atoms with van der Waals surface area (Å²) >= 11 is 1.69. The molecule has 4 heteroatoms. The van der Waals surface area contributed by atoms with E-state index in [-0.39, 0.29) is 11.8 Å². The number of carbonyl (C=O) groups is 1. The second-order valence-electron chi connectivity index (χ2n) is 4.25. The van der Waals surface area contributed by atoms with E-state index in [9.17, 15) is 4.79 Å². The van der Waals surface area contributed by atoms with Crippen molar-refractivity contribution in [1.29, 1.82) is 0 Å². The number of thiophene rings is 1. The highest BCUT2D eigenvalue weighted by atomic mass is 32.1. The van der Waals surface area contributed by atoms with Crippen molar-refractivity contribution in [3.8, 4) is 0 Å². The quantitative estimate of drug-likeness (QED) is 0.854. The van der Waals surface area contributed by atoms with Gasteiger partial charge < -0.3 is 5.11 Å². The van der Waals surface area contributed by atoms with Crippen LogP contribution < -0.4 is 0 Å². The number of nitrogens with zero attached hydrogens (tertiary/aromatic N) is 1. The zero-order chi connectivity index (χ0) is 10.8. The number of hydrogen-bond acceptors (Lipinski definition) is 3. The molecule has 82 valence electrons. The van der Waals surface area contributed by atoms with Crippen LogP contribution in [0.4, 0.5) is 0 Å². The average Bonchev–Trinajstić information content (AvgIpc) is 2.75. The molecule has 1 aliphatic rings. The SMILES string of the molecule is C[C@@H]1CN(Cc2ccsc2)C[C@H]1C(=O)O. The van der Waals surface area contributed by atoms with Crippen LogP contribution in [0.3, 0.4) is 0 Å². The van der Waals surface area contributed by atoms with E-state index < -0.39 is 5.97 Å². The molecule has 0 radical (unpaired) electrons. The third kappa shape index (κ3) is 2.38. The van der Waals surface area contributed by atoms with Crippen LogP contribution in [0.2, 0.25) is 0 Å². The van der Waals surface area contributed by atoms with Crippen LogP contribution in [0, 0.1) is 11.8 Å². The van der Waals surface area contributed by atoms with Gasteiger partial charge in [-0.1, -0.05) is 6.92 Å². The summed E-state index contributed by atoms with van der Waals surface area (Å²) in [5.74, 6) is -0.583. The van der Waals surface area contributed by atoms with E-state index in [1.165, 1.54) is 5.56 Å². The summed E-state index contributed by atoms with van der Waals surface area (Å²) in [5, 5.41) is 13.2. The predicted molar refractivity (Wildman–Crippen MR) is 59.9 cm³/mol. The molecule has 0 bridgehead atoms. The van der Waals surface area contributed by atoms with Gasteiger partial charge in [-0.25, -0.2) is 0 Å². The summed E-state index contributed by atoms with van der Waals surface area (Å²) in [6.45, 7) is 4.49. The van der Waals surface area contributed by atoms with Gasteiger partial charge in [-0.15, -0.1) is 0 Å². The van der Waals surface area contributed by atoms with Crippen molar-refractivity contribution in [2.45, 2.75) is 13.5 Å². The first-order valence-electron chi connectivity index (χ1n) is 5.13. The molecule has 0 unspecified atom stereocenters. The van der Waals surface area contributed by atoms with Gasteiger partial charge in [-0.3, -0.25) is 9.69 Å². The normalized spacial score (nSPS) is 27.0. The molecule has 1 saturated heterocycles. The second-order valence-corrected chi connectivity index (χ2v) is 5.03. The van der Waals surface area contributed by atoms with E-state index in [0.717, 1.165) is 13.1 Å². The van der Waals surface area contributed by atoms with E-state index in [1.54, 1.807) is 11.3 Å². The highest BCUT2D eigenvalue weighted by Crippen LogP contribution is 2.24. The number of carboxylic acids is 1. The molecule has 2 heterocycles. The second kappa shape index (κ2) is 4.33.